The molecule has 11 nitrogen and oxygen atoms in total. The molecule has 4 aromatic rings. The molecule has 240 valence electrons. The van der Waals surface area contributed by atoms with E-state index in [0.717, 1.165) is 56.3 Å². The van der Waals surface area contributed by atoms with E-state index < -0.39 is 11.9 Å². The van der Waals surface area contributed by atoms with Gasteiger partial charge in [0.15, 0.2) is 6.29 Å². The molecule has 46 heavy (non-hydrogen) atoms. The third kappa shape index (κ3) is 6.25. The number of rotatable bonds is 10. The van der Waals surface area contributed by atoms with Crippen molar-refractivity contribution in [3.63, 3.8) is 0 Å². The normalized spacial score (nSPS) is 21.9. The Hall–Kier alpha value is -4.61. The minimum absolute atomic E-state index is 0.0947. The van der Waals surface area contributed by atoms with Crippen molar-refractivity contribution in [3.05, 3.63) is 96.8 Å². The molecule has 1 aromatic heterocycles. The summed E-state index contributed by atoms with van der Waals surface area (Å²) in [5, 5.41) is 8.56. The SMILES string of the molecule is CC(C)N1CCN(c2ccc(N3CCN(c4ccc(OC[C@@H]5OC[C@@](Cn6nccn6)(c6ccccc6)O5)cc4)CC3)cc2)C1=O. The van der Waals surface area contributed by atoms with Gasteiger partial charge in [0.2, 0.25) is 0 Å². The van der Waals surface area contributed by atoms with Crippen molar-refractivity contribution in [2.45, 2.75) is 38.3 Å². The Labute approximate surface area is 269 Å². The molecule has 7 rings (SSSR count). The number of ether oxygens (including phenoxy) is 3. The number of carbonyl (C=O) groups is 1. The first-order valence-corrected chi connectivity index (χ1v) is 16.1. The first-order chi connectivity index (χ1) is 22.5. The highest BCUT2D eigenvalue weighted by Gasteiger charge is 2.44. The highest BCUT2D eigenvalue weighted by molar-refractivity contribution is 5.94. The number of piperazine rings is 1. The molecule has 0 radical (unpaired) electrons. The smallest absolute Gasteiger partial charge is 0.324 e. The summed E-state index contributed by atoms with van der Waals surface area (Å²) in [7, 11) is 0. The zero-order valence-corrected chi connectivity index (χ0v) is 26.4. The van der Waals surface area contributed by atoms with Gasteiger partial charge < -0.3 is 28.9 Å². The standard InChI is InChI=1S/C35H41N7O4/c1-27(2)40-22-23-41(34(40)43)31-10-8-29(9-11-31)38-18-20-39(21-19-38)30-12-14-32(15-13-30)44-24-33-45-26-35(46-33,25-42-36-16-17-37-42)28-6-4-3-5-7-28/h3-17,27,33H,18-26H2,1-2H3/t33-,35+/m1/s1. The fourth-order valence-electron chi connectivity index (χ4n) is 6.51. The van der Waals surface area contributed by atoms with Crippen LogP contribution in [0, 0.1) is 0 Å². The van der Waals surface area contributed by atoms with Gasteiger partial charge in [-0.15, -0.1) is 0 Å². The summed E-state index contributed by atoms with van der Waals surface area (Å²) in [5.41, 5.74) is 3.66. The van der Waals surface area contributed by atoms with Crippen LogP contribution >= 0.6 is 0 Å². The zero-order valence-electron chi connectivity index (χ0n) is 26.4. The van der Waals surface area contributed by atoms with Crippen LogP contribution in [0.1, 0.15) is 19.4 Å². The minimum atomic E-state index is -0.690. The molecular formula is C35H41N7O4. The summed E-state index contributed by atoms with van der Waals surface area (Å²) in [6, 6.07) is 27.0. The summed E-state index contributed by atoms with van der Waals surface area (Å²) in [6.45, 7) is 10.4. The number of urea groups is 1. The lowest BCUT2D eigenvalue weighted by atomic mass is 9.95. The van der Waals surface area contributed by atoms with Gasteiger partial charge in [0, 0.05) is 62.4 Å². The number of hydrogen-bond donors (Lipinski definition) is 0. The van der Waals surface area contributed by atoms with Crippen LogP contribution < -0.4 is 19.4 Å². The Morgan fingerprint density at radius 3 is 2.02 bits per heavy atom. The van der Waals surface area contributed by atoms with Crippen LogP contribution in [-0.4, -0.2) is 90.7 Å². The van der Waals surface area contributed by atoms with Gasteiger partial charge in [0.05, 0.1) is 25.5 Å². The van der Waals surface area contributed by atoms with Crippen LogP contribution in [0.15, 0.2) is 91.3 Å². The first kappa shape index (κ1) is 30.1. The van der Waals surface area contributed by atoms with Crippen LogP contribution in [0.4, 0.5) is 21.9 Å². The molecule has 0 N–H and O–H groups in total. The lowest BCUT2D eigenvalue weighted by molar-refractivity contribution is -0.117. The molecule has 11 heteroatoms. The Morgan fingerprint density at radius 1 is 0.804 bits per heavy atom. The average Bonchev–Trinajstić information content (AvgIpc) is 3.86. The molecule has 0 bridgehead atoms. The largest absolute Gasteiger partial charge is 0.488 e. The predicted octanol–water partition coefficient (Wildman–Crippen LogP) is 4.60. The van der Waals surface area contributed by atoms with Crippen LogP contribution in [0.25, 0.3) is 0 Å². The van der Waals surface area contributed by atoms with E-state index in [1.54, 1.807) is 17.2 Å². The number of amides is 2. The molecule has 0 saturated carbocycles. The van der Waals surface area contributed by atoms with Gasteiger partial charge in [-0.3, -0.25) is 4.90 Å². The van der Waals surface area contributed by atoms with E-state index in [0.29, 0.717) is 13.2 Å². The number of anilines is 3. The molecule has 2 amide bonds. The molecule has 4 heterocycles. The molecule has 3 aliphatic heterocycles. The molecular weight excluding hydrogens is 582 g/mol. The summed E-state index contributed by atoms with van der Waals surface area (Å²) >= 11 is 0. The maximum absolute atomic E-state index is 12.8. The van der Waals surface area contributed by atoms with Gasteiger partial charge in [-0.1, -0.05) is 30.3 Å². The van der Waals surface area contributed by atoms with Gasteiger partial charge in [0.1, 0.15) is 18.0 Å². The van der Waals surface area contributed by atoms with Crippen molar-refractivity contribution < 1.29 is 19.0 Å². The van der Waals surface area contributed by atoms with Crippen molar-refractivity contribution >= 4 is 23.1 Å². The third-order valence-corrected chi connectivity index (χ3v) is 9.08. The number of nitrogens with zero attached hydrogens (tertiary/aromatic N) is 7. The van der Waals surface area contributed by atoms with Gasteiger partial charge in [-0.2, -0.15) is 15.0 Å². The highest BCUT2D eigenvalue weighted by atomic mass is 16.7. The van der Waals surface area contributed by atoms with Crippen LogP contribution in [-0.2, 0) is 21.6 Å². The van der Waals surface area contributed by atoms with Crippen molar-refractivity contribution in [1.29, 1.82) is 0 Å². The fraction of sp³-hybridized carbons (Fsp3) is 0.400. The van der Waals surface area contributed by atoms with Gasteiger partial charge >= 0.3 is 6.03 Å². The van der Waals surface area contributed by atoms with E-state index in [9.17, 15) is 4.79 Å². The maximum Gasteiger partial charge on any atom is 0.324 e. The van der Waals surface area contributed by atoms with E-state index in [1.807, 2.05) is 52.3 Å². The van der Waals surface area contributed by atoms with E-state index in [4.69, 9.17) is 14.2 Å². The first-order valence-electron chi connectivity index (χ1n) is 16.1. The fourth-order valence-corrected chi connectivity index (χ4v) is 6.51. The minimum Gasteiger partial charge on any atom is -0.488 e. The number of carbonyl (C=O) groups excluding carboxylic acids is 1. The van der Waals surface area contributed by atoms with Gasteiger partial charge in [-0.25, -0.2) is 4.79 Å². The van der Waals surface area contributed by atoms with E-state index in [-0.39, 0.29) is 18.7 Å². The maximum atomic E-state index is 12.8. The summed E-state index contributed by atoms with van der Waals surface area (Å²) in [4.78, 5) is 23.0. The van der Waals surface area contributed by atoms with Crippen molar-refractivity contribution in [2.75, 3.05) is 67.2 Å². The number of aromatic nitrogens is 3. The molecule has 2 atom stereocenters. The third-order valence-electron chi connectivity index (χ3n) is 9.08. The van der Waals surface area contributed by atoms with Gasteiger partial charge in [0.25, 0.3) is 0 Å². The summed E-state index contributed by atoms with van der Waals surface area (Å²) in [6.07, 6.45) is 2.82. The molecule has 0 spiro atoms. The molecule has 3 saturated heterocycles. The summed E-state index contributed by atoms with van der Waals surface area (Å²) < 4.78 is 18.6. The average molecular weight is 624 g/mol. The van der Waals surface area contributed by atoms with Crippen molar-refractivity contribution in [1.82, 2.24) is 19.9 Å². The van der Waals surface area contributed by atoms with Gasteiger partial charge in [-0.05, 0) is 67.9 Å². The van der Waals surface area contributed by atoms with Crippen LogP contribution in [0.3, 0.4) is 0 Å². The molecule has 3 aliphatic rings. The number of benzene rings is 3. The second kappa shape index (κ2) is 13.0. The Kier molecular flexibility index (Phi) is 8.51. The monoisotopic (exact) mass is 623 g/mol. The van der Waals surface area contributed by atoms with E-state index >= 15 is 0 Å². The topological polar surface area (TPSA) is 88.4 Å². The van der Waals surface area contributed by atoms with Crippen LogP contribution in [0.5, 0.6) is 5.75 Å². The van der Waals surface area contributed by atoms with Crippen molar-refractivity contribution in [3.8, 4) is 5.75 Å². The highest BCUT2D eigenvalue weighted by Crippen LogP contribution is 2.35. The summed E-state index contributed by atoms with van der Waals surface area (Å²) in [5.74, 6) is 0.772. The Balaban J connectivity index is 0.901. The second-order valence-electron chi connectivity index (χ2n) is 12.3. The van der Waals surface area contributed by atoms with E-state index in [2.05, 4.69) is 70.2 Å². The number of hydrogen-bond acceptors (Lipinski definition) is 8. The van der Waals surface area contributed by atoms with Crippen molar-refractivity contribution in [2.24, 2.45) is 0 Å². The van der Waals surface area contributed by atoms with Crippen LogP contribution in [0.2, 0.25) is 0 Å². The van der Waals surface area contributed by atoms with E-state index in [1.165, 1.54) is 11.4 Å². The molecule has 0 unspecified atom stereocenters. The second-order valence-corrected chi connectivity index (χ2v) is 12.3. The molecule has 0 aliphatic carbocycles. The molecule has 3 fully saturated rings. The quantitative estimate of drug-likeness (QED) is 0.253. The lowest BCUT2D eigenvalue weighted by Gasteiger charge is -2.37. The predicted molar refractivity (Wildman–Crippen MR) is 176 cm³/mol. The molecule has 3 aromatic carbocycles. The zero-order chi connectivity index (χ0) is 31.5. The Morgan fingerprint density at radius 2 is 1.41 bits per heavy atom. The lowest BCUT2D eigenvalue weighted by Crippen LogP contribution is -2.46. The Bertz CT molecular complexity index is 1580.